The van der Waals surface area contributed by atoms with Crippen molar-refractivity contribution in [2.75, 3.05) is 0 Å². The van der Waals surface area contributed by atoms with Crippen LogP contribution in [0.2, 0.25) is 0 Å². The Labute approximate surface area is 93.2 Å². The van der Waals surface area contributed by atoms with Gasteiger partial charge in [0.15, 0.2) is 11.9 Å². The Kier molecular flexibility index (Phi) is 8.37. The highest BCUT2D eigenvalue weighted by Crippen LogP contribution is 1.99. The number of unbranched alkanes of at least 4 members (excludes halogenated alkanes) is 1. The SMILES string of the molecule is CCCCc1cccc[n+]1CCC.[C-]#N. The van der Waals surface area contributed by atoms with Gasteiger partial charge in [0.1, 0.15) is 6.54 Å². The third-order valence-corrected chi connectivity index (χ3v) is 2.29. The van der Waals surface area contributed by atoms with Crippen LogP contribution in [0.5, 0.6) is 0 Å². The lowest BCUT2D eigenvalue weighted by atomic mass is 10.2. The molecule has 0 aliphatic carbocycles. The molecule has 0 aliphatic heterocycles. The number of hydrogen-bond donors (Lipinski definition) is 0. The predicted octanol–water partition coefficient (Wildman–Crippen LogP) is 2.82. The minimum Gasteiger partial charge on any atom is -0.512 e. The van der Waals surface area contributed by atoms with Gasteiger partial charge in [-0.1, -0.05) is 26.3 Å². The summed E-state index contributed by atoms with van der Waals surface area (Å²) in [6.45, 7) is 10.4. The summed E-state index contributed by atoms with van der Waals surface area (Å²) < 4.78 is 2.37. The summed E-state index contributed by atoms with van der Waals surface area (Å²) in [4.78, 5) is 0. The lowest BCUT2D eigenvalue weighted by molar-refractivity contribution is -0.704. The van der Waals surface area contributed by atoms with Crippen molar-refractivity contribution >= 4 is 0 Å². The van der Waals surface area contributed by atoms with E-state index in [2.05, 4.69) is 42.8 Å². The van der Waals surface area contributed by atoms with Crippen LogP contribution in [0.25, 0.3) is 0 Å². The van der Waals surface area contributed by atoms with Crippen LogP contribution < -0.4 is 4.57 Å². The van der Waals surface area contributed by atoms with Crippen molar-refractivity contribution in [1.82, 2.24) is 0 Å². The second kappa shape index (κ2) is 9.21. The Morgan fingerprint density at radius 3 is 2.53 bits per heavy atom. The molecular formula is C13H20N2. The summed E-state index contributed by atoms with van der Waals surface area (Å²) >= 11 is 0. The van der Waals surface area contributed by atoms with E-state index in [0.29, 0.717) is 0 Å². The molecule has 0 N–H and O–H groups in total. The minimum absolute atomic E-state index is 1.15. The molecule has 0 amide bonds. The monoisotopic (exact) mass is 204 g/mol. The molecule has 2 nitrogen and oxygen atoms in total. The van der Waals surface area contributed by atoms with Crippen molar-refractivity contribution in [3.8, 4) is 0 Å². The molecule has 82 valence electrons. The van der Waals surface area contributed by atoms with Crippen LogP contribution in [0.4, 0.5) is 0 Å². The van der Waals surface area contributed by atoms with Crippen LogP contribution in [0.3, 0.4) is 0 Å². The van der Waals surface area contributed by atoms with E-state index < -0.39 is 0 Å². The first-order valence-corrected chi connectivity index (χ1v) is 5.58. The molecule has 15 heavy (non-hydrogen) atoms. The van der Waals surface area contributed by atoms with Gasteiger partial charge in [-0.05, 0) is 6.42 Å². The molecule has 1 heterocycles. The van der Waals surface area contributed by atoms with Crippen molar-refractivity contribution in [2.24, 2.45) is 0 Å². The topological polar surface area (TPSA) is 27.7 Å². The predicted molar refractivity (Wildman–Crippen MR) is 60.5 cm³/mol. The van der Waals surface area contributed by atoms with Crippen LogP contribution >= 0.6 is 0 Å². The van der Waals surface area contributed by atoms with E-state index in [0.717, 1.165) is 6.54 Å². The number of rotatable bonds is 5. The lowest BCUT2D eigenvalue weighted by Crippen LogP contribution is -2.37. The quantitative estimate of drug-likeness (QED) is 0.535. The van der Waals surface area contributed by atoms with E-state index in [-0.39, 0.29) is 0 Å². The Balaban J connectivity index is 0.000000921. The fraction of sp³-hybridized carbons (Fsp3) is 0.538. The number of pyridine rings is 1. The Bertz CT molecular complexity index is 279. The molecule has 0 unspecified atom stereocenters. The smallest absolute Gasteiger partial charge is 0.181 e. The summed E-state index contributed by atoms with van der Waals surface area (Å²) in [6.07, 6.45) is 7.20. The fourth-order valence-corrected chi connectivity index (χ4v) is 1.56. The summed E-state index contributed by atoms with van der Waals surface area (Å²) in [5, 5.41) is 6.25. The maximum atomic E-state index is 6.25. The Morgan fingerprint density at radius 2 is 1.93 bits per heavy atom. The third-order valence-electron chi connectivity index (χ3n) is 2.29. The Morgan fingerprint density at radius 1 is 1.20 bits per heavy atom. The molecule has 0 radical (unpaired) electrons. The van der Waals surface area contributed by atoms with E-state index >= 15 is 0 Å². The second-order valence-corrected chi connectivity index (χ2v) is 3.49. The van der Waals surface area contributed by atoms with E-state index in [1.807, 2.05) is 0 Å². The van der Waals surface area contributed by atoms with Gasteiger partial charge in [0.05, 0.1) is 0 Å². The standard InChI is InChI=1S/C12H20N.CN/c1-3-5-8-12-9-6-7-11-13(12)10-4-2;1-2/h6-7,9,11H,3-5,8,10H2,1-2H3;/q+1;-1. The van der Waals surface area contributed by atoms with Gasteiger partial charge in [0.25, 0.3) is 0 Å². The van der Waals surface area contributed by atoms with E-state index in [9.17, 15) is 0 Å². The van der Waals surface area contributed by atoms with Gasteiger partial charge in [0, 0.05) is 25.0 Å². The molecular weight excluding hydrogens is 184 g/mol. The molecule has 0 fully saturated rings. The molecule has 2 heteroatoms. The highest BCUT2D eigenvalue weighted by atomic mass is 14.9. The van der Waals surface area contributed by atoms with Gasteiger partial charge in [-0.25, -0.2) is 4.57 Å². The van der Waals surface area contributed by atoms with Crippen LogP contribution in [0, 0.1) is 11.8 Å². The van der Waals surface area contributed by atoms with E-state index in [4.69, 9.17) is 11.8 Å². The average molecular weight is 204 g/mol. The summed E-state index contributed by atoms with van der Waals surface area (Å²) in [5.41, 5.74) is 1.48. The van der Waals surface area contributed by atoms with Gasteiger partial charge < -0.3 is 11.8 Å². The molecule has 0 atom stereocenters. The van der Waals surface area contributed by atoms with Gasteiger partial charge >= 0.3 is 0 Å². The van der Waals surface area contributed by atoms with Crippen molar-refractivity contribution in [3.05, 3.63) is 36.7 Å². The van der Waals surface area contributed by atoms with Crippen LogP contribution in [0.1, 0.15) is 38.8 Å². The zero-order valence-electron chi connectivity index (χ0n) is 9.74. The molecule has 1 rings (SSSR count). The maximum Gasteiger partial charge on any atom is 0.181 e. The molecule has 0 aromatic carbocycles. The molecule has 0 saturated heterocycles. The minimum atomic E-state index is 1.15. The number of hydrogen-bond acceptors (Lipinski definition) is 1. The number of nitrogens with zero attached hydrogens (tertiary/aromatic N) is 2. The van der Waals surface area contributed by atoms with Gasteiger partial charge in [0.2, 0.25) is 0 Å². The van der Waals surface area contributed by atoms with E-state index in [1.165, 1.54) is 31.4 Å². The van der Waals surface area contributed by atoms with E-state index in [1.54, 1.807) is 0 Å². The van der Waals surface area contributed by atoms with Crippen molar-refractivity contribution < 1.29 is 4.57 Å². The van der Waals surface area contributed by atoms with Crippen molar-refractivity contribution in [3.63, 3.8) is 0 Å². The lowest BCUT2D eigenvalue weighted by Gasteiger charge is -2.01. The highest BCUT2D eigenvalue weighted by molar-refractivity contribution is 4.97. The largest absolute Gasteiger partial charge is 0.512 e. The first-order chi connectivity index (χ1) is 7.38. The molecule has 0 saturated carbocycles. The zero-order chi connectivity index (χ0) is 11.5. The fourth-order valence-electron chi connectivity index (χ4n) is 1.56. The van der Waals surface area contributed by atoms with Gasteiger partial charge in [-0.15, -0.1) is 0 Å². The molecule has 1 aromatic heterocycles. The summed E-state index contributed by atoms with van der Waals surface area (Å²) in [5.74, 6) is 0. The number of aryl methyl sites for hydroxylation is 2. The third kappa shape index (κ3) is 5.17. The zero-order valence-corrected chi connectivity index (χ0v) is 9.74. The van der Waals surface area contributed by atoms with Crippen LogP contribution in [-0.2, 0) is 13.0 Å². The first-order valence-electron chi connectivity index (χ1n) is 5.58. The molecule has 0 bridgehead atoms. The van der Waals surface area contributed by atoms with Crippen LogP contribution in [0.15, 0.2) is 24.4 Å². The second-order valence-electron chi connectivity index (χ2n) is 3.49. The molecule has 0 spiro atoms. The van der Waals surface area contributed by atoms with Crippen molar-refractivity contribution in [2.45, 2.75) is 46.1 Å². The molecule has 0 aliphatic rings. The first kappa shape index (κ1) is 13.6. The van der Waals surface area contributed by atoms with Gasteiger partial charge in [-0.2, -0.15) is 0 Å². The highest BCUT2D eigenvalue weighted by Gasteiger charge is 2.06. The Hall–Kier alpha value is -1.36. The van der Waals surface area contributed by atoms with Crippen molar-refractivity contribution in [1.29, 1.82) is 5.26 Å². The normalized spacial score (nSPS) is 9.07. The van der Waals surface area contributed by atoms with Crippen LogP contribution in [-0.4, -0.2) is 0 Å². The molecule has 1 aromatic rings. The maximum absolute atomic E-state index is 6.25. The number of aromatic nitrogens is 1. The van der Waals surface area contributed by atoms with Gasteiger partial charge in [-0.3, -0.25) is 0 Å². The summed E-state index contributed by atoms with van der Waals surface area (Å²) in [7, 11) is 0. The average Bonchev–Trinajstić information content (AvgIpc) is 2.31. The summed E-state index contributed by atoms with van der Waals surface area (Å²) in [6, 6.07) is 6.49.